The second kappa shape index (κ2) is 8.62. The van der Waals surface area contributed by atoms with Gasteiger partial charge in [-0.3, -0.25) is 9.59 Å². The predicted molar refractivity (Wildman–Crippen MR) is 101 cm³/mol. The topological polar surface area (TPSA) is 75.7 Å². The lowest BCUT2D eigenvalue weighted by Crippen LogP contribution is -2.41. The molecule has 0 radical (unpaired) electrons. The molecule has 0 saturated heterocycles. The third kappa shape index (κ3) is 5.42. The van der Waals surface area contributed by atoms with Gasteiger partial charge in [-0.25, -0.2) is 4.79 Å². The minimum Gasteiger partial charge on any atom is -0.448 e. The van der Waals surface area contributed by atoms with Crippen molar-refractivity contribution in [2.75, 3.05) is 18.9 Å². The van der Waals surface area contributed by atoms with Crippen LogP contribution in [0.3, 0.4) is 0 Å². The average molecular weight is 374 g/mol. The van der Waals surface area contributed by atoms with Crippen LogP contribution in [0.5, 0.6) is 0 Å². The molecule has 0 aliphatic heterocycles. The van der Waals surface area contributed by atoms with Gasteiger partial charge in [-0.2, -0.15) is 0 Å². The molecule has 2 amide bonds. The molecule has 0 fully saturated rings. The summed E-state index contributed by atoms with van der Waals surface area (Å²) in [5, 5.41) is 2.72. The normalized spacial score (nSPS) is 11.5. The van der Waals surface area contributed by atoms with Crippen molar-refractivity contribution in [2.45, 2.75) is 26.9 Å². The fraction of sp³-hybridized carbons (Fsp3) is 0.316. The van der Waals surface area contributed by atoms with E-state index in [1.54, 1.807) is 18.2 Å². The van der Waals surface area contributed by atoms with Crippen molar-refractivity contribution in [3.05, 3.63) is 51.7 Å². The zero-order valence-electron chi connectivity index (χ0n) is 15.2. The summed E-state index contributed by atoms with van der Waals surface area (Å²) < 4.78 is 5.19. The summed E-state index contributed by atoms with van der Waals surface area (Å²) in [5.41, 5.74) is 1.75. The Labute approximate surface area is 156 Å². The Morgan fingerprint density at radius 3 is 2.35 bits per heavy atom. The molecule has 0 spiro atoms. The van der Waals surface area contributed by atoms with Crippen molar-refractivity contribution in [1.29, 1.82) is 0 Å². The van der Waals surface area contributed by atoms with E-state index >= 15 is 0 Å². The minimum atomic E-state index is -0.970. The van der Waals surface area contributed by atoms with E-state index < -0.39 is 18.0 Å². The highest BCUT2D eigenvalue weighted by molar-refractivity contribution is 7.13. The Morgan fingerprint density at radius 2 is 1.77 bits per heavy atom. The number of benzene rings is 1. The van der Waals surface area contributed by atoms with Crippen molar-refractivity contribution in [3.8, 4) is 0 Å². The number of carbonyl (C=O) groups excluding carboxylic acids is 3. The third-order valence-electron chi connectivity index (χ3n) is 3.67. The molecule has 0 aliphatic rings. The molecule has 1 atom stereocenters. The summed E-state index contributed by atoms with van der Waals surface area (Å²) in [7, 11) is 1.50. The van der Waals surface area contributed by atoms with Crippen LogP contribution in [0.1, 0.15) is 27.0 Å². The van der Waals surface area contributed by atoms with Gasteiger partial charge in [-0.15, -0.1) is 11.3 Å². The van der Waals surface area contributed by atoms with E-state index in [1.807, 2.05) is 32.0 Å². The van der Waals surface area contributed by atoms with E-state index in [1.165, 1.54) is 30.2 Å². The Morgan fingerprint density at radius 1 is 1.12 bits per heavy atom. The van der Waals surface area contributed by atoms with E-state index in [0.29, 0.717) is 10.6 Å². The number of aryl methyl sites for hydroxylation is 2. The maximum atomic E-state index is 12.3. The molecule has 0 saturated carbocycles. The Balaban J connectivity index is 1.86. The van der Waals surface area contributed by atoms with Crippen LogP contribution >= 0.6 is 11.3 Å². The summed E-state index contributed by atoms with van der Waals surface area (Å²) in [4.78, 5) is 39.1. The molecule has 1 aromatic carbocycles. The highest BCUT2D eigenvalue weighted by Crippen LogP contribution is 2.17. The first-order valence-corrected chi connectivity index (χ1v) is 8.97. The Bertz CT molecular complexity index is 798. The molecule has 6 nitrogen and oxygen atoms in total. The number of rotatable bonds is 6. The number of hydrogen-bond donors (Lipinski definition) is 1. The van der Waals surface area contributed by atoms with Crippen molar-refractivity contribution in [2.24, 2.45) is 0 Å². The van der Waals surface area contributed by atoms with E-state index in [4.69, 9.17) is 4.74 Å². The molecule has 26 heavy (non-hydrogen) atoms. The molecule has 0 aliphatic carbocycles. The Kier molecular flexibility index (Phi) is 6.52. The van der Waals surface area contributed by atoms with Gasteiger partial charge < -0.3 is 15.0 Å². The molecule has 1 aromatic heterocycles. The van der Waals surface area contributed by atoms with Gasteiger partial charge in [-0.1, -0.05) is 17.7 Å². The van der Waals surface area contributed by atoms with Crippen molar-refractivity contribution in [1.82, 2.24) is 4.90 Å². The zero-order valence-corrected chi connectivity index (χ0v) is 16.1. The molecule has 2 aromatic rings. The van der Waals surface area contributed by atoms with Crippen LogP contribution in [0.2, 0.25) is 0 Å². The van der Waals surface area contributed by atoms with Gasteiger partial charge in [0, 0.05) is 17.6 Å². The van der Waals surface area contributed by atoms with Crippen molar-refractivity contribution in [3.63, 3.8) is 0 Å². The van der Waals surface area contributed by atoms with Crippen LogP contribution in [0.25, 0.3) is 0 Å². The molecule has 0 unspecified atom stereocenters. The smallest absolute Gasteiger partial charge is 0.349 e. The fourth-order valence-electron chi connectivity index (χ4n) is 2.25. The van der Waals surface area contributed by atoms with Gasteiger partial charge in [0.25, 0.3) is 5.91 Å². The molecular weight excluding hydrogens is 352 g/mol. The SMILES string of the molecule is Cc1ccc(NC(=O)CN(C)C(=O)[C@H](C)OC(=O)c2ccc(C)s2)cc1. The largest absolute Gasteiger partial charge is 0.448 e. The maximum Gasteiger partial charge on any atom is 0.349 e. The van der Waals surface area contributed by atoms with E-state index in [-0.39, 0.29) is 12.5 Å². The number of likely N-dealkylation sites (N-methyl/N-ethyl adjacent to an activating group) is 1. The minimum absolute atomic E-state index is 0.132. The molecule has 2 rings (SSSR count). The first-order chi connectivity index (χ1) is 12.3. The number of esters is 1. The van der Waals surface area contributed by atoms with E-state index in [2.05, 4.69) is 5.32 Å². The van der Waals surface area contributed by atoms with Gasteiger partial charge in [-0.05, 0) is 45.0 Å². The number of ether oxygens (including phenoxy) is 1. The highest BCUT2D eigenvalue weighted by Gasteiger charge is 2.24. The molecule has 7 heteroatoms. The van der Waals surface area contributed by atoms with Crippen LogP contribution in [-0.4, -0.2) is 42.4 Å². The van der Waals surface area contributed by atoms with Crippen LogP contribution in [0.15, 0.2) is 36.4 Å². The van der Waals surface area contributed by atoms with Gasteiger partial charge in [0.2, 0.25) is 5.91 Å². The third-order valence-corrected chi connectivity index (χ3v) is 4.65. The predicted octanol–water partition coefficient (Wildman–Crippen LogP) is 3.01. The highest BCUT2D eigenvalue weighted by atomic mass is 32.1. The number of nitrogens with one attached hydrogen (secondary N) is 1. The van der Waals surface area contributed by atoms with Crippen LogP contribution in [0.4, 0.5) is 5.69 Å². The summed E-state index contributed by atoms with van der Waals surface area (Å²) in [6.07, 6.45) is -0.970. The molecule has 138 valence electrons. The second-order valence-corrected chi connectivity index (χ2v) is 7.35. The van der Waals surface area contributed by atoms with Crippen LogP contribution in [-0.2, 0) is 14.3 Å². The van der Waals surface area contributed by atoms with Gasteiger partial charge >= 0.3 is 5.97 Å². The van der Waals surface area contributed by atoms with E-state index in [9.17, 15) is 14.4 Å². The van der Waals surface area contributed by atoms with Crippen LogP contribution in [0, 0.1) is 13.8 Å². The standard InChI is InChI=1S/C19H22N2O4S/c1-12-5-8-15(9-6-12)20-17(22)11-21(4)18(23)14(3)25-19(24)16-10-7-13(2)26-16/h5-10,14H,11H2,1-4H3,(H,20,22)/t14-/m0/s1. The first-order valence-electron chi connectivity index (χ1n) is 8.15. The molecular formula is C19H22N2O4S. The first kappa shape index (κ1) is 19.7. The summed E-state index contributed by atoms with van der Waals surface area (Å²) >= 11 is 1.31. The average Bonchev–Trinajstić information content (AvgIpc) is 3.02. The second-order valence-electron chi connectivity index (χ2n) is 6.07. The lowest BCUT2D eigenvalue weighted by Gasteiger charge is -2.21. The van der Waals surface area contributed by atoms with Gasteiger partial charge in [0.05, 0.1) is 6.54 Å². The monoisotopic (exact) mass is 374 g/mol. The van der Waals surface area contributed by atoms with Gasteiger partial charge in [0.15, 0.2) is 6.10 Å². The lowest BCUT2D eigenvalue weighted by atomic mass is 10.2. The number of carbonyl (C=O) groups is 3. The number of anilines is 1. The summed E-state index contributed by atoms with van der Waals surface area (Å²) in [6.45, 7) is 5.20. The number of thiophene rings is 1. The molecule has 1 heterocycles. The number of nitrogens with zero attached hydrogens (tertiary/aromatic N) is 1. The summed E-state index contributed by atoms with van der Waals surface area (Å²) in [5.74, 6) is -1.30. The fourth-order valence-corrected chi connectivity index (χ4v) is 3.00. The number of hydrogen-bond acceptors (Lipinski definition) is 5. The molecule has 0 bridgehead atoms. The molecule has 1 N–H and O–H groups in total. The quantitative estimate of drug-likeness (QED) is 0.789. The summed E-state index contributed by atoms with van der Waals surface area (Å²) in [6, 6.07) is 10.8. The van der Waals surface area contributed by atoms with E-state index in [0.717, 1.165) is 10.4 Å². The lowest BCUT2D eigenvalue weighted by molar-refractivity contribution is -0.140. The van der Waals surface area contributed by atoms with Crippen molar-refractivity contribution >= 4 is 34.8 Å². The Hall–Kier alpha value is -2.67. The van der Waals surface area contributed by atoms with Gasteiger partial charge in [0.1, 0.15) is 4.88 Å². The number of amides is 2. The maximum absolute atomic E-state index is 12.3. The van der Waals surface area contributed by atoms with Crippen LogP contribution < -0.4 is 5.32 Å². The zero-order chi connectivity index (χ0) is 19.3. The van der Waals surface area contributed by atoms with Crippen molar-refractivity contribution < 1.29 is 19.1 Å².